The Kier molecular flexibility index (Phi) is 3.20. The first kappa shape index (κ1) is 11.5. The van der Waals surface area contributed by atoms with E-state index in [-0.39, 0.29) is 0 Å². The monoisotopic (exact) mass is 219 g/mol. The molecule has 0 bridgehead atoms. The summed E-state index contributed by atoms with van der Waals surface area (Å²) >= 11 is 0. The van der Waals surface area contributed by atoms with Crippen LogP contribution >= 0.6 is 0 Å². The third-order valence-corrected chi connectivity index (χ3v) is 3.90. The molecule has 0 radical (unpaired) electrons. The number of methoxy groups -OCH3 is 1. The van der Waals surface area contributed by atoms with Gasteiger partial charge in [-0.25, -0.2) is 0 Å². The van der Waals surface area contributed by atoms with Crippen LogP contribution in [0.5, 0.6) is 5.75 Å². The van der Waals surface area contributed by atoms with E-state index < -0.39 is 0 Å². The van der Waals surface area contributed by atoms with Crippen molar-refractivity contribution in [3.63, 3.8) is 0 Å². The zero-order valence-electron chi connectivity index (χ0n) is 10.5. The molecular formula is C14H21NO. The van der Waals surface area contributed by atoms with Crippen LogP contribution in [0.3, 0.4) is 0 Å². The fourth-order valence-electron chi connectivity index (χ4n) is 2.76. The standard InChI is InChI=1S/C14H21NO/c1-4-14(8-9-15(2)11-14)12-6-5-7-13(10-12)16-3/h5-7,10H,4,8-9,11H2,1-3H3. The molecule has 2 nitrogen and oxygen atoms in total. The first-order valence-electron chi connectivity index (χ1n) is 6.03. The van der Waals surface area contributed by atoms with Crippen molar-refractivity contribution in [3.05, 3.63) is 29.8 Å². The molecule has 1 aliphatic rings. The van der Waals surface area contributed by atoms with Crippen LogP contribution < -0.4 is 4.74 Å². The van der Waals surface area contributed by atoms with Crippen LogP contribution in [0.4, 0.5) is 0 Å². The van der Waals surface area contributed by atoms with Gasteiger partial charge in [0.15, 0.2) is 0 Å². The molecule has 0 amide bonds. The van der Waals surface area contributed by atoms with Gasteiger partial charge >= 0.3 is 0 Å². The van der Waals surface area contributed by atoms with Crippen LogP contribution in [-0.2, 0) is 5.41 Å². The van der Waals surface area contributed by atoms with Crippen molar-refractivity contribution in [2.75, 3.05) is 27.2 Å². The van der Waals surface area contributed by atoms with E-state index >= 15 is 0 Å². The van der Waals surface area contributed by atoms with Crippen LogP contribution in [0.25, 0.3) is 0 Å². The molecule has 0 spiro atoms. The van der Waals surface area contributed by atoms with Gasteiger partial charge in [-0.1, -0.05) is 19.1 Å². The maximum atomic E-state index is 5.32. The summed E-state index contributed by atoms with van der Waals surface area (Å²) in [5.74, 6) is 0.972. The van der Waals surface area contributed by atoms with Crippen LogP contribution in [0.1, 0.15) is 25.3 Å². The largest absolute Gasteiger partial charge is 0.497 e. The number of rotatable bonds is 3. The maximum absolute atomic E-state index is 5.32. The quantitative estimate of drug-likeness (QED) is 0.775. The first-order chi connectivity index (χ1) is 7.70. The lowest BCUT2D eigenvalue weighted by Crippen LogP contribution is -2.28. The fraction of sp³-hybridized carbons (Fsp3) is 0.571. The van der Waals surface area contributed by atoms with E-state index in [1.807, 2.05) is 6.07 Å². The Morgan fingerprint density at radius 1 is 1.44 bits per heavy atom. The van der Waals surface area contributed by atoms with Gasteiger partial charge in [-0.15, -0.1) is 0 Å². The molecule has 2 rings (SSSR count). The molecule has 0 N–H and O–H groups in total. The predicted octanol–water partition coefficient (Wildman–Crippen LogP) is 2.68. The number of likely N-dealkylation sites (N-methyl/N-ethyl adjacent to an activating group) is 1. The lowest BCUT2D eigenvalue weighted by Gasteiger charge is -2.28. The van der Waals surface area contributed by atoms with Crippen LogP contribution in [0.15, 0.2) is 24.3 Å². The summed E-state index contributed by atoms with van der Waals surface area (Å²) in [6, 6.07) is 8.56. The van der Waals surface area contributed by atoms with Gasteiger partial charge in [0.25, 0.3) is 0 Å². The minimum atomic E-state index is 0.337. The highest BCUT2D eigenvalue weighted by Crippen LogP contribution is 2.38. The Morgan fingerprint density at radius 3 is 2.81 bits per heavy atom. The van der Waals surface area contributed by atoms with Crippen LogP contribution in [-0.4, -0.2) is 32.1 Å². The van der Waals surface area contributed by atoms with Gasteiger partial charge < -0.3 is 9.64 Å². The smallest absolute Gasteiger partial charge is 0.119 e. The number of likely N-dealkylation sites (tertiary alicyclic amines) is 1. The summed E-state index contributed by atoms with van der Waals surface area (Å²) < 4.78 is 5.32. The number of hydrogen-bond donors (Lipinski definition) is 0. The molecule has 1 aromatic carbocycles. The first-order valence-corrected chi connectivity index (χ1v) is 6.03. The second-order valence-corrected chi connectivity index (χ2v) is 4.85. The van der Waals surface area contributed by atoms with Crippen molar-refractivity contribution in [2.24, 2.45) is 0 Å². The molecule has 0 aliphatic carbocycles. The van der Waals surface area contributed by atoms with Gasteiger partial charge in [0.05, 0.1) is 7.11 Å². The Labute approximate surface area is 98.2 Å². The summed E-state index contributed by atoms with van der Waals surface area (Å²) in [4.78, 5) is 2.42. The summed E-state index contributed by atoms with van der Waals surface area (Å²) in [5, 5.41) is 0. The summed E-state index contributed by atoms with van der Waals surface area (Å²) in [6.45, 7) is 4.65. The lowest BCUT2D eigenvalue weighted by atomic mass is 9.77. The second kappa shape index (κ2) is 4.46. The third-order valence-electron chi connectivity index (χ3n) is 3.90. The molecule has 1 atom stereocenters. The Bertz CT molecular complexity index is 364. The van der Waals surface area contributed by atoms with Crippen molar-refractivity contribution < 1.29 is 4.74 Å². The molecule has 0 saturated carbocycles. The zero-order chi connectivity index (χ0) is 11.6. The Balaban J connectivity index is 2.33. The van der Waals surface area contributed by atoms with Gasteiger partial charge in [-0.05, 0) is 44.1 Å². The number of hydrogen-bond acceptors (Lipinski definition) is 2. The van der Waals surface area contributed by atoms with Crippen molar-refractivity contribution in [3.8, 4) is 5.75 Å². The minimum Gasteiger partial charge on any atom is -0.497 e. The second-order valence-electron chi connectivity index (χ2n) is 4.85. The van der Waals surface area contributed by atoms with E-state index in [1.165, 1.54) is 24.9 Å². The third kappa shape index (κ3) is 1.94. The highest BCUT2D eigenvalue weighted by Gasteiger charge is 2.36. The summed E-state index contributed by atoms with van der Waals surface area (Å²) in [7, 11) is 3.94. The normalized spacial score (nSPS) is 25.9. The molecule has 1 unspecified atom stereocenters. The molecular weight excluding hydrogens is 198 g/mol. The van der Waals surface area contributed by atoms with Gasteiger partial charge in [0, 0.05) is 12.0 Å². The molecule has 1 saturated heterocycles. The van der Waals surface area contributed by atoms with E-state index in [9.17, 15) is 0 Å². The van der Waals surface area contributed by atoms with E-state index in [4.69, 9.17) is 4.74 Å². The van der Waals surface area contributed by atoms with E-state index in [0.717, 1.165) is 12.3 Å². The Morgan fingerprint density at radius 2 is 2.25 bits per heavy atom. The van der Waals surface area contributed by atoms with Gasteiger partial charge in [0.2, 0.25) is 0 Å². The molecule has 16 heavy (non-hydrogen) atoms. The maximum Gasteiger partial charge on any atom is 0.119 e. The highest BCUT2D eigenvalue weighted by atomic mass is 16.5. The lowest BCUT2D eigenvalue weighted by molar-refractivity contribution is 0.358. The minimum absolute atomic E-state index is 0.337. The molecule has 1 fully saturated rings. The highest BCUT2D eigenvalue weighted by molar-refractivity contribution is 5.35. The summed E-state index contributed by atoms with van der Waals surface area (Å²) in [5.41, 5.74) is 1.77. The van der Waals surface area contributed by atoms with Crippen LogP contribution in [0, 0.1) is 0 Å². The molecule has 1 aromatic rings. The van der Waals surface area contributed by atoms with Gasteiger partial charge in [-0.2, -0.15) is 0 Å². The molecule has 1 aliphatic heterocycles. The molecule has 1 heterocycles. The number of benzene rings is 1. The van der Waals surface area contributed by atoms with Gasteiger partial charge in [0.1, 0.15) is 5.75 Å². The number of ether oxygens (including phenoxy) is 1. The van der Waals surface area contributed by atoms with Crippen molar-refractivity contribution >= 4 is 0 Å². The van der Waals surface area contributed by atoms with Crippen molar-refractivity contribution in [2.45, 2.75) is 25.2 Å². The average Bonchev–Trinajstić information content (AvgIpc) is 2.72. The Hall–Kier alpha value is -1.02. The average molecular weight is 219 g/mol. The van der Waals surface area contributed by atoms with Crippen molar-refractivity contribution in [1.82, 2.24) is 4.90 Å². The van der Waals surface area contributed by atoms with E-state index in [0.29, 0.717) is 5.41 Å². The predicted molar refractivity (Wildman–Crippen MR) is 67.1 cm³/mol. The van der Waals surface area contributed by atoms with E-state index in [2.05, 4.69) is 37.1 Å². The SMILES string of the molecule is CCC1(c2cccc(OC)c2)CCN(C)C1. The number of nitrogens with zero attached hydrogens (tertiary/aromatic N) is 1. The topological polar surface area (TPSA) is 12.5 Å². The zero-order valence-corrected chi connectivity index (χ0v) is 10.5. The van der Waals surface area contributed by atoms with Crippen LogP contribution in [0.2, 0.25) is 0 Å². The fourth-order valence-corrected chi connectivity index (χ4v) is 2.76. The summed E-state index contributed by atoms with van der Waals surface area (Å²) in [6.07, 6.45) is 2.46. The molecule has 88 valence electrons. The molecule has 0 aromatic heterocycles. The van der Waals surface area contributed by atoms with Crippen molar-refractivity contribution in [1.29, 1.82) is 0 Å². The van der Waals surface area contributed by atoms with Gasteiger partial charge in [-0.3, -0.25) is 0 Å². The van der Waals surface area contributed by atoms with E-state index in [1.54, 1.807) is 7.11 Å². The molecule has 2 heteroatoms.